The number of nitrogens with zero attached hydrogens (tertiary/aromatic N) is 2. The smallest absolute Gasteiger partial charge is 0.272 e. The first kappa shape index (κ1) is 11.1. The summed E-state index contributed by atoms with van der Waals surface area (Å²) in [7, 11) is 1.63. The van der Waals surface area contributed by atoms with Crippen molar-refractivity contribution in [2.75, 3.05) is 19.0 Å². The summed E-state index contributed by atoms with van der Waals surface area (Å²) in [6.07, 6.45) is -1.09. The molecule has 1 heterocycles. The number of hydrogen-bond acceptors (Lipinski definition) is 4. The largest absolute Gasteiger partial charge is 0.471 e. The summed E-state index contributed by atoms with van der Waals surface area (Å²) in [4.78, 5) is 7.69. The molecule has 14 heavy (non-hydrogen) atoms. The third kappa shape index (κ3) is 3.06. The van der Waals surface area contributed by atoms with Crippen LogP contribution in [0.25, 0.3) is 0 Å². The van der Waals surface area contributed by atoms with Crippen LogP contribution in [0.15, 0.2) is 10.7 Å². The fourth-order valence-electron chi connectivity index (χ4n) is 0.715. The zero-order chi connectivity index (χ0) is 10.6. The molecule has 0 unspecified atom stereocenters. The van der Waals surface area contributed by atoms with E-state index in [-0.39, 0.29) is 5.88 Å². The van der Waals surface area contributed by atoms with Gasteiger partial charge in [0.2, 0.25) is 11.8 Å². The Morgan fingerprint density at radius 1 is 1.64 bits per heavy atom. The normalized spacial score (nSPS) is 10.4. The summed E-state index contributed by atoms with van der Waals surface area (Å²) in [5, 5.41) is 2.67. The second-order valence-corrected chi connectivity index (χ2v) is 3.15. The summed E-state index contributed by atoms with van der Waals surface area (Å²) in [5.41, 5.74) is 0. The third-order valence-corrected chi connectivity index (χ3v) is 1.83. The molecule has 1 aromatic heterocycles. The quantitative estimate of drug-likeness (QED) is 0.906. The highest BCUT2D eigenvalue weighted by molar-refractivity contribution is 9.10. The Bertz CT molecular complexity index is 311. The van der Waals surface area contributed by atoms with Gasteiger partial charge in [-0.3, -0.25) is 0 Å². The monoisotopic (exact) mass is 267 g/mol. The van der Waals surface area contributed by atoms with Crippen molar-refractivity contribution in [1.29, 1.82) is 0 Å². The first-order valence-electron chi connectivity index (χ1n) is 3.74. The van der Waals surface area contributed by atoms with Gasteiger partial charge in [0.1, 0.15) is 0 Å². The number of nitrogens with one attached hydrogen (secondary N) is 1. The van der Waals surface area contributed by atoms with Gasteiger partial charge < -0.3 is 10.1 Å². The maximum Gasteiger partial charge on any atom is 0.272 e. The lowest BCUT2D eigenvalue weighted by atomic mass is 10.6. The van der Waals surface area contributed by atoms with Crippen molar-refractivity contribution in [2.45, 2.75) is 6.43 Å². The summed E-state index contributed by atoms with van der Waals surface area (Å²) < 4.78 is 28.9. The SMILES string of the molecule is CNc1ncc(Br)c(OCC(F)F)n1. The Kier molecular flexibility index (Phi) is 3.99. The minimum Gasteiger partial charge on any atom is -0.471 e. The van der Waals surface area contributed by atoms with Crippen molar-refractivity contribution in [1.82, 2.24) is 9.97 Å². The molecule has 0 aromatic carbocycles. The Balaban J connectivity index is 2.73. The number of aromatic nitrogens is 2. The van der Waals surface area contributed by atoms with Crippen molar-refractivity contribution in [3.8, 4) is 5.88 Å². The van der Waals surface area contributed by atoms with Crippen molar-refractivity contribution in [3.63, 3.8) is 0 Å². The molecule has 0 fully saturated rings. The minimum atomic E-state index is -2.52. The fourth-order valence-corrected chi connectivity index (χ4v) is 1.02. The van der Waals surface area contributed by atoms with Gasteiger partial charge in [0.25, 0.3) is 6.43 Å². The first-order valence-corrected chi connectivity index (χ1v) is 4.54. The molecule has 1 aromatic rings. The van der Waals surface area contributed by atoms with E-state index >= 15 is 0 Å². The highest BCUT2D eigenvalue weighted by Crippen LogP contribution is 2.22. The molecular formula is C7H8BrF2N3O. The Labute approximate surface area is 87.8 Å². The molecule has 0 saturated heterocycles. The number of alkyl halides is 2. The lowest BCUT2D eigenvalue weighted by molar-refractivity contribution is 0.0792. The Morgan fingerprint density at radius 3 is 2.93 bits per heavy atom. The van der Waals surface area contributed by atoms with E-state index in [1.54, 1.807) is 7.05 Å². The molecule has 0 aliphatic carbocycles. The second kappa shape index (κ2) is 5.04. The van der Waals surface area contributed by atoms with E-state index in [2.05, 4.69) is 31.2 Å². The molecule has 1 rings (SSSR count). The lowest BCUT2D eigenvalue weighted by Crippen LogP contribution is -2.09. The minimum absolute atomic E-state index is 0.102. The summed E-state index contributed by atoms with van der Waals surface area (Å²) in [5.74, 6) is 0.419. The molecule has 0 atom stereocenters. The van der Waals surface area contributed by atoms with Crippen molar-refractivity contribution in [2.24, 2.45) is 0 Å². The van der Waals surface area contributed by atoms with Gasteiger partial charge in [-0.15, -0.1) is 0 Å². The van der Waals surface area contributed by atoms with Gasteiger partial charge in [0.15, 0.2) is 6.61 Å². The van der Waals surface area contributed by atoms with Crippen LogP contribution in [-0.4, -0.2) is 30.0 Å². The molecule has 0 aliphatic heterocycles. The zero-order valence-electron chi connectivity index (χ0n) is 7.30. The average molecular weight is 268 g/mol. The van der Waals surface area contributed by atoms with Gasteiger partial charge in [-0.25, -0.2) is 13.8 Å². The molecule has 1 N–H and O–H groups in total. The molecule has 7 heteroatoms. The number of ether oxygens (including phenoxy) is 1. The van der Waals surface area contributed by atoms with Gasteiger partial charge in [0, 0.05) is 7.05 Å². The second-order valence-electron chi connectivity index (χ2n) is 2.30. The number of hydrogen-bond donors (Lipinski definition) is 1. The van der Waals surface area contributed by atoms with Gasteiger partial charge in [-0.05, 0) is 15.9 Å². The van der Waals surface area contributed by atoms with E-state index in [0.717, 1.165) is 0 Å². The van der Waals surface area contributed by atoms with Gasteiger partial charge in [-0.2, -0.15) is 4.98 Å². The van der Waals surface area contributed by atoms with Crippen molar-refractivity contribution < 1.29 is 13.5 Å². The van der Waals surface area contributed by atoms with Crippen molar-refractivity contribution in [3.05, 3.63) is 10.7 Å². The number of halogens is 3. The van der Waals surface area contributed by atoms with Crippen LogP contribution >= 0.6 is 15.9 Å². The van der Waals surface area contributed by atoms with Crippen LogP contribution in [0.4, 0.5) is 14.7 Å². The van der Waals surface area contributed by atoms with E-state index in [1.807, 2.05) is 0 Å². The van der Waals surface area contributed by atoms with Gasteiger partial charge in [0.05, 0.1) is 10.7 Å². The maximum atomic E-state index is 11.8. The van der Waals surface area contributed by atoms with E-state index in [4.69, 9.17) is 4.74 Å². The molecule has 0 aliphatic rings. The van der Waals surface area contributed by atoms with Crippen LogP contribution in [0, 0.1) is 0 Å². The predicted octanol–water partition coefficient (Wildman–Crippen LogP) is 1.92. The first-order chi connectivity index (χ1) is 6.63. The summed E-state index contributed by atoms with van der Waals surface area (Å²) in [6.45, 7) is -0.682. The van der Waals surface area contributed by atoms with Crippen LogP contribution in [0.5, 0.6) is 5.88 Å². The zero-order valence-corrected chi connectivity index (χ0v) is 8.88. The molecule has 78 valence electrons. The Morgan fingerprint density at radius 2 is 2.36 bits per heavy atom. The average Bonchev–Trinajstić information content (AvgIpc) is 2.16. The van der Waals surface area contributed by atoms with E-state index in [1.165, 1.54) is 6.20 Å². The van der Waals surface area contributed by atoms with E-state index in [0.29, 0.717) is 10.4 Å². The maximum absolute atomic E-state index is 11.8. The third-order valence-electron chi connectivity index (χ3n) is 1.28. The molecule has 0 saturated carbocycles. The highest BCUT2D eigenvalue weighted by atomic mass is 79.9. The van der Waals surface area contributed by atoms with Crippen LogP contribution in [-0.2, 0) is 0 Å². The molecular weight excluding hydrogens is 260 g/mol. The molecule has 4 nitrogen and oxygen atoms in total. The molecule has 0 spiro atoms. The number of anilines is 1. The lowest BCUT2D eigenvalue weighted by Gasteiger charge is -2.07. The highest BCUT2D eigenvalue weighted by Gasteiger charge is 2.09. The van der Waals surface area contributed by atoms with Crippen LogP contribution in [0.3, 0.4) is 0 Å². The summed E-state index contributed by atoms with van der Waals surface area (Å²) in [6, 6.07) is 0. The van der Waals surface area contributed by atoms with Crippen LogP contribution in [0.1, 0.15) is 0 Å². The summed E-state index contributed by atoms with van der Waals surface area (Å²) >= 11 is 3.09. The standard InChI is InChI=1S/C7H8BrF2N3O/c1-11-7-12-2-4(8)6(13-7)14-3-5(9)10/h2,5H,3H2,1H3,(H,11,12,13). The Hall–Kier alpha value is -0.980. The molecule has 0 radical (unpaired) electrons. The van der Waals surface area contributed by atoms with Gasteiger partial charge >= 0.3 is 0 Å². The number of rotatable bonds is 4. The molecule has 0 bridgehead atoms. The van der Waals surface area contributed by atoms with Crippen molar-refractivity contribution >= 4 is 21.9 Å². The van der Waals surface area contributed by atoms with Gasteiger partial charge in [-0.1, -0.05) is 0 Å². The van der Waals surface area contributed by atoms with Crippen LogP contribution in [0.2, 0.25) is 0 Å². The van der Waals surface area contributed by atoms with Crippen LogP contribution < -0.4 is 10.1 Å². The molecule has 0 amide bonds. The fraction of sp³-hybridized carbons (Fsp3) is 0.429. The van der Waals surface area contributed by atoms with E-state index in [9.17, 15) is 8.78 Å². The predicted molar refractivity (Wildman–Crippen MR) is 50.8 cm³/mol. The topological polar surface area (TPSA) is 47.0 Å². The van der Waals surface area contributed by atoms with E-state index < -0.39 is 13.0 Å².